The molecule has 1 aliphatic carbocycles. The Morgan fingerprint density at radius 2 is 1.50 bits per heavy atom. The molecule has 1 aliphatic rings. The molecule has 0 aliphatic heterocycles. The minimum atomic E-state index is -0.614. The summed E-state index contributed by atoms with van der Waals surface area (Å²) in [5.74, 6) is -1.06. The summed E-state index contributed by atoms with van der Waals surface area (Å²) < 4.78 is 5.01. The zero-order valence-corrected chi connectivity index (χ0v) is 15.6. The van der Waals surface area contributed by atoms with Gasteiger partial charge in [-0.15, -0.1) is 0 Å². The van der Waals surface area contributed by atoms with Gasteiger partial charge in [-0.1, -0.05) is 49.6 Å². The van der Waals surface area contributed by atoms with Gasteiger partial charge in [0, 0.05) is 5.56 Å². The fraction of sp³-hybridized carbons (Fsp3) is 0.318. The molecule has 1 saturated carbocycles. The molecule has 6 nitrogen and oxygen atoms in total. The average molecular weight is 380 g/mol. The molecule has 2 amide bonds. The number of nitrogens with one attached hydrogen (secondary N) is 2. The molecule has 6 heteroatoms. The molecule has 3 rings (SSSR count). The van der Waals surface area contributed by atoms with Crippen molar-refractivity contribution >= 4 is 17.8 Å². The van der Waals surface area contributed by atoms with E-state index in [1.54, 1.807) is 42.5 Å². The van der Waals surface area contributed by atoms with Gasteiger partial charge in [0.2, 0.25) is 0 Å². The zero-order chi connectivity index (χ0) is 19.8. The number of esters is 1. The molecule has 2 aromatic carbocycles. The van der Waals surface area contributed by atoms with Crippen molar-refractivity contribution in [1.82, 2.24) is 10.9 Å². The lowest BCUT2D eigenvalue weighted by molar-refractivity contribution is -0.125. The van der Waals surface area contributed by atoms with Crippen molar-refractivity contribution in [3.05, 3.63) is 71.3 Å². The Morgan fingerprint density at radius 1 is 0.821 bits per heavy atom. The third kappa shape index (κ3) is 5.42. The third-order valence-electron chi connectivity index (χ3n) is 4.91. The second-order valence-electron chi connectivity index (χ2n) is 6.90. The highest BCUT2D eigenvalue weighted by atomic mass is 16.5. The SMILES string of the molecule is O=C(COC(=O)c1ccc(C2CCCCC2)cc1)NNC(=O)c1ccccc1. The van der Waals surface area contributed by atoms with Crippen LogP contribution >= 0.6 is 0 Å². The van der Waals surface area contributed by atoms with Crippen LogP contribution in [0.1, 0.15) is 64.3 Å². The fourth-order valence-corrected chi connectivity index (χ4v) is 3.37. The number of amides is 2. The van der Waals surface area contributed by atoms with Crippen molar-refractivity contribution < 1.29 is 19.1 Å². The molecule has 2 N–H and O–H groups in total. The largest absolute Gasteiger partial charge is 0.452 e. The quantitative estimate of drug-likeness (QED) is 0.615. The number of hydrazine groups is 1. The van der Waals surface area contributed by atoms with Gasteiger partial charge in [-0.05, 0) is 48.6 Å². The molecule has 1 fully saturated rings. The summed E-state index contributed by atoms with van der Waals surface area (Å²) in [6, 6.07) is 15.9. The van der Waals surface area contributed by atoms with Gasteiger partial charge in [0.05, 0.1) is 5.56 Å². The van der Waals surface area contributed by atoms with E-state index < -0.39 is 24.4 Å². The lowest BCUT2D eigenvalue weighted by Crippen LogP contribution is -2.43. The third-order valence-corrected chi connectivity index (χ3v) is 4.91. The standard InChI is InChI=1S/C22H24N2O4/c25-20(23-24-21(26)18-9-5-2-6-10-18)15-28-22(27)19-13-11-17(12-14-19)16-7-3-1-4-8-16/h2,5-6,9-14,16H,1,3-4,7-8,15H2,(H,23,25)(H,24,26). The van der Waals surface area contributed by atoms with Gasteiger partial charge in [0.15, 0.2) is 6.61 Å². The molecule has 0 aromatic heterocycles. The van der Waals surface area contributed by atoms with Crippen molar-refractivity contribution in [3.8, 4) is 0 Å². The maximum absolute atomic E-state index is 12.1. The van der Waals surface area contributed by atoms with Crippen LogP contribution in [0, 0.1) is 0 Å². The molecule has 0 bridgehead atoms. The Kier molecular flexibility index (Phi) is 6.78. The first-order valence-corrected chi connectivity index (χ1v) is 9.55. The van der Waals surface area contributed by atoms with Gasteiger partial charge >= 0.3 is 5.97 Å². The van der Waals surface area contributed by atoms with E-state index in [0.29, 0.717) is 17.0 Å². The first-order chi connectivity index (χ1) is 13.6. The van der Waals surface area contributed by atoms with E-state index in [-0.39, 0.29) is 0 Å². The van der Waals surface area contributed by atoms with E-state index in [9.17, 15) is 14.4 Å². The second-order valence-corrected chi connectivity index (χ2v) is 6.90. The smallest absolute Gasteiger partial charge is 0.338 e. The van der Waals surface area contributed by atoms with Crippen molar-refractivity contribution in [2.45, 2.75) is 38.0 Å². The summed E-state index contributed by atoms with van der Waals surface area (Å²) in [4.78, 5) is 35.7. The summed E-state index contributed by atoms with van der Waals surface area (Å²) in [6.07, 6.45) is 6.20. The van der Waals surface area contributed by atoms with Crippen LogP contribution in [0.3, 0.4) is 0 Å². The maximum Gasteiger partial charge on any atom is 0.338 e. The lowest BCUT2D eigenvalue weighted by atomic mass is 9.84. The molecule has 146 valence electrons. The molecule has 0 heterocycles. The normalized spacial score (nSPS) is 14.1. The molecule has 0 saturated heterocycles. The molecule has 2 aromatic rings. The minimum absolute atomic E-state index is 0.403. The maximum atomic E-state index is 12.1. The first kappa shape index (κ1) is 19.6. The predicted molar refractivity (Wildman–Crippen MR) is 105 cm³/mol. The Hall–Kier alpha value is -3.15. The van der Waals surface area contributed by atoms with Gasteiger partial charge < -0.3 is 4.74 Å². The number of rotatable bonds is 5. The monoisotopic (exact) mass is 380 g/mol. The molecule has 0 radical (unpaired) electrons. The summed E-state index contributed by atoms with van der Waals surface area (Å²) in [5, 5.41) is 0. The first-order valence-electron chi connectivity index (χ1n) is 9.55. The number of carbonyl (C=O) groups is 3. The summed E-state index contributed by atoms with van der Waals surface area (Å²) >= 11 is 0. The number of carbonyl (C=O) groups excluding carboxylic acids is 3. The Bertz CT molecular complexity index is 812. The number of benzene rings is 2. The van der Waals surface area contributed by atoms with Gasteiger partial charge in [-0.2, -0.15) is 0 Å². The number of hydrogen-bond acceptors (Lipinski definition) is 4. The fourth-order valence-electron chi connectivity index (χ4n) is 3.37. The van der Waals surface area contributed by atoms with Crippen LogP contribution in [0.2, 0.25) is 0 Å². The summed E-state index contributed by atoms with van der Waals surface area (Å²) in [6.45, 7) is -0.474. The van der Waals surface area contributed by atoms with Gasteiger partial charge in [0.1, 0.15) is 0 Å². The minimum Gasteiger partial charge on any atom is -0.452 e. The van der Waals surface area contributed by atoms with Crippen LogP contribution in [0.5, 0.6) is 0 Å². The van der Waals surface area contributed by atoms with Gasteiger partial charge in [-0.3, -0.25) is 20.4 Å². The van der Waals surface area contributed by atoms with Crippen LogP contribution in [0.25, 0.3) is 0 Å². The van der Waals surface area contributed by atoms with Crippen LogP contribution in [0.4, 0.5) is 0 Å². The molecule has 28 heavy (non-hydrogen) atoms. The van der Waals surface area contributed by atoms with Crippen LogP contribution in [-0.2, 0) is 9.53 Å². The van der Waals surface area contributed by atoms with E-state index in [2.05, 4.69) is 10.9 Å². The molecule has 0 spiro atoms. The van der Waals surface area contributed by atoms with E-state index in [1.165, 1.54) is 37.7 Å². The Balaban J connectivity index is 1.43. The summed E-state index contributed by atoms with van der Waals surface area (Å²) in [5.41, 5.74) is 6.57. The van der Waals surface area contributed by atoms with Crippen molar-refractivity contribution in [2.75, 3.05) is 6.61 Å². The molecular weight excluding hydrogens is 356 g/mol. The van der Waals surface area contributed by atoms with Crippen LogP contribution in [0.15, 0.2) is 54.6 Å². The topological polar surface area (TPSA) is 84.5 Å². The highest BCUT2D eigenvalue weighted by Crippen LogP contribution is 2.32. The molecule has 0 unspecified atom stereocenters. The van der Waals surface area contributed by atoms with Crippen molar-refractivity contribution in [3.63, 3.8) is 0 Å². The highest BCUT2D eigenvalue weighted by Gasteiger charge is 2.16. The average Bonchev–Trinajstić information content (AvgIpc) is 2.77. The van der Waals surface area contributed by atoms with E-state index in [0.717, 1.165) is 0 Å². The zero-order valence-electron chi connectivity index (χ0n) is 15.6. The summed E-state index contributed by atoms with van der Waals surface area (Å²) in [7, 11) is 0. The van der Waals surface area contributed by atoms with E-state index in [1.807, 2.05) is 12.1 Å². The van der Waals surface area contributed by atoms with Gasteiger partial charge in [-0.25, -0.2) is 4.79 Å². The number of ether oxygens (including phenoxy) is 1. The van der Waals surface area contributed by atoms with E-state index >= 15 is 0 Å². The van der Waals surface area contributed by atoms with Gasteiger partial charge in [0.25, 0.3) is 11.8 Å². The van der Waals surface area contributed by atoms with Crippen molar-refractivity contribution in [2.24, 2.45) is 0 Å². The molecule has 0 atom stereocenters. The lowest BCUT2D eigenvalue weighted by Gasteiger charge is -2.21. The molecular formula is C22H24N2O4. The second kappa shape index (κ2) is 9.69. The number of hydrogen-bond donors (Lipinski definition) is 2. The van der Waals surface area contributed by atoms with Crippen molar-refractivity contribution in [1.29, 1.82) is 0 Å². The van der Waals surface area contributed by atoms with Crippen LogP contribution in [-0.4, -0.2) is 24.4 Å². The Morgan fingerprint density at radius 3 is 2.18 bits per heavy atom. The predicted octanol–water partition coefficient (Wildman–Crippen LogP) is 3.35. The van der Waals surface area contributed by atoms with Crippen LogP contribution < -0.4 is 10.9 Å². The highest BCUT2D eigenvalue weighted by molar-refractivity contribution is 5.96. The van der Waals surface area contributed by atoms with E-state index in [4.69, 9.17) is 4.74 Å². The Labute approximate surface area is 164 Å².